The Hall–Kier alpha value is -3.39. The number of thioether (sulfide) groups is 1. The van der Waals surface area contributed by atoms with E-state index in [4.69, 9.17) is 0 Å². The second-order valence-electron chi connectivity index (χ2n) is 9.35. The summed E-state index contributed by atoms with van der Waals surface area (Å²) < 4.78 is 34.2. The summed E-state index contributed by atoms with van der Waals surface area (Å²) in [7, 11) is -4.01. The van der Waals surface area contributed by atoms with Crippen molar-refractivity contribution in [1.82, 2.24) is 0 Å². The molecular weight excluding hydrogens is 512 g/mol. The number of benzene rings is 3. The number of aromatic nitrogens is 1. The van der Waals surface area contributed by atoms with E-state index < -0.39 is 10.1 Å². The lowest BCUT2D eigenvalue weighted by Crippen LogP contribution is -2.32. The van der Waals surface area contributed by atoms with Crippen molar-refractivity contribution < 1.29 is 17.5 Å². The van der Waals surface area contributed by atoms with Gasteiger partial charge in [-0.25, -0.2) is 0 Å². The summed E-state index contributed by atoms with van der Waals surface area (Å²) in [6.45, 7) is 5.65. The SMILES string of the molecule is CC[n+]1ccc(C=CC(C)=CC=C2Sc3ccc4ccccc4c3N2CCCS(=O)(=O)O)c2ccccc21. The van der Waals surface area contributed by atoms with Crippen molar-refractivity contribution in [2.24, 2.45) is 0 Å². The van der Waals surface area contributed by atoms with E-state index in [2.05, 4.69) is 108 Å². The van der Waals surface area contributed by atoms with E-state index in [1.807, 2.05) is 12.1 Å². The minimum Gasteiger partial charge on any atom is -0.334 e. The second-order valence-corrected chi connectivity index (χ2v) is 12.0. The monoisotopic (exact) mass is 543 g/mol. The van der Waals surface area contributed by atoms with Gasteiger partial charge in [0, 0.05) is 29.0 Å². The molecule has 194 valence electrons. The Morgan fingerprint density at radius 1 is 1.03 bits per heavy atom. The molecule has 0 bridgehead atoms. The van der Waals surface area contributed by atoms with Crippen LogP contribution in [0.5, 0.6) is 0 Å². The van der Waals surface area contributed by atoms with E-state index in [-0.39, 0.29) is 5.75 Å². The van der Waals surface area contributed by atoms with Crippen LogP contribution in [0.15, 0.2) is 107 Å². The van der Waals surface area contributed by atoms with E-state index >= 15 is 0 Å². The van der Waals surface area contributed by atoms with Crippen LogP contribution in [-0.4, -0.2) is 25.3 Å². The third-order valence-electron chi connectivity index (χ3n) is 6.71. The molecule has 2 heterocycles. The van der Waals surface area contributed by atoms with Crippen LogP contribution >= 0.6 is 11.8 Å². The average Bonchev–Trinajstić information content (AvgIpc) is 3.27. The van der Waals surface area contributed by atoms with Crippen LogP contribution in [0.1, 0.15) is 25.8 Å². The summed E-state index contributed by atoms with van der Waals surface area (Å²) in [5.74, 6) is -0.262. The molecule has 38 heavy (non-hydrogen) atoms. The number of fused-ring (bicyclic) bond motifs is 4. The van der Waals surface area contributed by atoms with Gasteiger partial charge in [-0.3, -0.25) is 4.55 Å². The van der Waals surface area contributed by atoms with Crippen LogP contribution in [-0.2, 0) is 16.7 Å². The maximum Gasteiger partial charge on any atom is 0.264 e. The number of anilines is 1. The largest absolute Gasteiger partial charge is 0.334 e. The number of para-hydroxylation sites is 1. The Balaban J connectivity index is 1.44. The van der Waals surface area contributed by atoms with Crippen molar-refractivity contribution in [3.8, 4) is 0 Å². The van der Waals surface area contributed by atoms with Gasteiger partial charge in [0.25, 0.3) is 10.1 Å². The first-order valence-electron chi connectivity index (χ1n) is 12.7. The fourth-order valence-corrected chi connectivity index (χ4v) is 6.44. The van der Waals surface area contributed by atoms with Crippen LogP contribution in [0.3, 0.4) is 0 Å². The van der Waals surface area contributed by atoms with Crippen LogP contribution < -0.4 is 9.47 Å². The average molecular weight is 544 g/mol. The number of aryl methyl sites for hydroxylation is 1. The Morgan fingerprint density at radius 3 is 2.58 bits per heavy atom. The van der Waals surface area contributed by atoms with E-state index in [9.17, 15) is 13.0 Å². The molecule has 0 amide bonds. The third kappa shape index (κ3) is 5.70. The zero-order valence-corrected chi connectivity index (χ0v) is 23.2. The lowest BCUT2D eigenvalue weighted by atomic mass is 10.1. The highest BCUT2D eigenvalue weighted by atomic mass is 32.2. The van der Waals surface area contributed by atoms with Gasteiger partial charge in [-0.15, -0.1) is 0 Å². The molecule has 0 spiro atoms. The van der Waals surface area contributed by atoms with Gasteiger partial charge in [-0.2, -0.15) is 13.0 Å². The fraction of sp³-hybridized carbons (Fsp3) is 0.194. The standard InChI is InChI=1S/C31H30N2O3S2/c1-3-32-21-19-25(26-10-6-7-12-28(26)32)15-13-23(2)14-18-30-33(20-8-22-38(34,35)36)31-27-11-5-4-9-24(27)16-17-29(31)37-30/h4-7,9-19,21H,3,8,20,22H2,1-2H3/p+1. The van der Waals surface area contributed by atoms with Crippen LogP contribution in [0.25, 0.3) is 27.8 Å². The normalized spacial score (nSPS) is 15.3. The molecule has 5 nitrogen and oxygen atoms in total. The Morgan fingerprint density at radius 2 is 1.79 bits per heavy atom. The van der Waals surface area contributed by atoms with Gasteiger partial charge in [0.05, 0.1) is 21.9 Å². The maximum atomic E-state index is 11.4. The number of hydrogen-bond donors (Lipinski definition) is 1. The zero-order valence-electron chi connectivity index (χ0n) is 21.5. The van der Waals surface area contributed by atoms with Crippen LogP contribution in [0.2, 0.25) is 0 Å². The van der Waals surface area contributed by atoms with Crippen LogP contribution in [0.4, 0.5) is 5.69 Å². The van der Waals surface area contributed by atoms with E-state index in [1.165, 1.54) is 16.5 Å². The summed E-state index contributed by atoms with van der Waals surface area (Å²) >= 11 is 1.68. The first-order valence-corrected chi connectivity index (χ1v) is 15.2. The molecule has 0 fully saturated rings. The molecule has 7 heteroatoms. The van der Waals surface area contributed by atoms with Gasteiger partial charge in [0.15, 0.2) is 6.20 Å². The third-order valence-corrected chi connectivity index (χ3v) is 8.63. The minimum absolute atomic E-state index is 0.262. The number of allylic oxidation sites excluding steroid dienone is 4. The predicted molar refractivity (Wildman–Crippen MR) is 159 cm³/mol. The first-order chi connectivity index (χ1) is 18.3. The van der Waals surface area contributed by atoms with Gasteiger partial charge in [-0.1, -0.05) is 78.0 Å². The van der Waals surface area contributed by atoms with Gasteiger partial charge >= 0.3 is 0 Å². The lowest BCUT2D eigenvalue weighted by molar-refractivity contribution is -0.667. The van der Waals surface area contributed by atoms with Crippen molar-refractivity contribution in [2.75, 3.05) is 17.2 Å². The Labute approximate surface area is 228 Å². The summed E-state index contributed by atoms with van der Waals surface area (Å²) in [6, 6.07) is 23.1. The Bertz CT molecular complexity index is 1710. The molecule has 4 aromatic rings. The van der Waals surface area contributed by atoms with Crippen molar-refractivity contribution >= 4 is 55.3 Å². The number of rotatable bonds is 8. The topological polar surface area (TPSA) is 61.5 Å². The molecule has 0 saturated carbocycles. The molecule has 0 atom stereocenters. The van der Waals surface area contributed by atoms with Crippen molar-refractivity contribution in [2.45, 2.75) is 31.7 Å². The predicted octanol–water partition coefficient (Wildman–Crippen LogP) is 6.99. The lowest BCUT2D eigenvalue weighted by Gasteiger charge is -2.21. The van der Waals surface area contributed by atoms with Gasteiger partial charge in [0.2, 0.25) is 5.52 Å². The van der Waals surface area contributed by atoms with Gasteiger partial charge in [0.1, 0.15) is 6.54 Å². The fourth-order valence-electron chi connectivity index (χ4n) is 4.83. The molecule has 0 unspecified atom stereocenters. The maximum absolute atomic E-state index is 11.4. The van der Waals surface area contributed by atoms with E-state index in [0.717, 1.165) is 38.5 Å². The quantitative estimate of drug-likeness (QED) is 0.147. The van der Waals surface area contributed by atoms with E-state index in [1.54, 1.807) is 11.8 Å². The highest BCUT2D eigenvalue weighted by molar-refractivity contribution is 8.03. The molecular formula is C31H31N2O3S2+. The van der Waals surface area contributed by atoms with Crippen molar-refractivity contribution in [3.63, 3.8) is 0 Å². The molecule has 1 aliphatic heterocycles. The Kier molecular flexibility index (Phi) is 7.70. The smallest absolute Gasteiger partial charge is 0.264 e. The molecule has 3 aromatic carbocycles. The molecule has 1 aromatic heterocycles. The highest BCUT2D eigenvalue weighted by Crippen LogP contribution is 2.49. The van der Waals surface area contributed by atoms with Gasteiger partial charge < -0.3 is 4.90 Å². The summed E-state index contributed by atoms with van der Waals surface area (Å²) in [6.07, 6.45) is 10.9. The number of hydrogen-bond acceptors (Lipinski definition) is 4. The minimum atomic E-state index is -4.01. The molecule has 0 aliphatic carbocycles. The number of nitrogens with zero attached hydrogens (tertiary/aromatic N) is 2. The second kappa shape index (κ2) is 11.2. The first kappa shape index (κ1) is 26.2. The molecule has 5 rings (SSSR count). The molecule has 0 radical (unpaired) electrons. The summed E-state index contributed by atoms with van der Waals surface area (Å²) in [5.41, 5.74) is 4.59. The van der Waals surface area contributed by atoms with Crippen molar-refractivity contribution in [3.05, 3.63) is 107 Å². The van der Waals surface area contributed by atoms with E-state index in [0.29, 0.717) is 13.0 Å². The zero-order chi connectivity index (χ0) is 26.7. The van der Waals surface area contributed by atoms with Crippen molar-refractivity contribution in [1.29, 1.82) is 0 Å². The summed E-state index contributed by atoms with van der Waals surface area (Å²) in [4.78, 5) is 3.32. The van der Waals surface area contributed by atoms with Gasteiger partial charge in [-0.05, 0) is 49.4 Å². The number of pyridine rings is 1. The molecule has 0 saturated heterocycles. The van der Waals surface area contributed by atoms with Crippen LogP contribution in [0, 0.1) is 0 Å². The molecule has 1 aliphatic rings. The molecule has 1 N–H and O–H groups in total. The highest BCUT2D eigenvalue weighted by Gasteiger charge is 2.27. The summed E-state index contributed by atoms with van der Waals surface area (Å²) in [5, 5.41) is 4.53.